The molecule has 1 aliphatic heterocycles. The summed E-state index contributed by atoms with van der Waals surface area (Å²) in [4.78, 5) is 21.2. The van der Waals surface area contributed by atoms with Crippen LogP contribution >= 0.6 is 0 Å². The molecule has 1 unspecified atom stereocenters. The molecule has 1 atom stereocenters. The van der Waals surface area contributed by atoms with Crippen molar-refractivity contribution in [2.24, 2.45) is 0 Å². The van der Waals surface area contributed by atoms with Crippen molar-refractivity contribution in [1.82, 2.24) is 0 Å². The second-order valence-electron chi connectivity index (χ2n) is 3.54. The van der Waals surface area contributed by atoms with Crippen LogP contribution in [0.4, 0.5) is 11.4 Å². The maximum atomic E-state index is 10.9. The third-order valence-corrected chi connectivity index (χ3v) is 2.23. The van der Waals surface area contributed by atoms with Gasteiger partial charge in [0.15, 0.2) is 0 Å². The minimum atomic E-state index is -0.517. The van der Waals surface area contributed by atoms with Crippen LogP contribution in [-0.2, 0) is 9.53 Å². The monoisotopic (exact) mass is 222 g/mol. The summed E-state index contributed by atoms with van der Waals surface area (Å²) in [7, 11) is 0. The topological polar surface area (TPSA) is 84.8 Å². The quantitative estimate of drug-likeness (QED) is 0.478. The van der Waals surface area contributed by atoms with Crippen LogP contribution < -0.4 is 5.32 Å². The Bertz CT molecular complexity index is 454. The molecular weight excluding hydrogens is 212 g/mol. The lowest BCUT2D eigenvalue weighted by Gasteiger charge is -2.04. The summed E-state index contributed by atoms with van der Waals surface area (Å²) >= 11 is 0. The molecule has 6 heteroatoms. The van der Waals surface area contributed by atoms with Gasteiger partial charge in [-0.3, -0.25) is 14.9 Å². The largest absolute Gasteiger partial charge is 0.368 e. The molecular formula is C10H10N2O4. The van der Waals surface area contributed by atoms with E-state index in [1.165, 1.54) is 19.1 Å². The van der Waals surface area contributed by atoms with Gasteiger partial charge in [0.1, 0.15) is 11.8 Å². The van der Waals surface area contributed by atoms with Gasteiger partial charge < -0.3 is 10.1 Å². The van der Waals surface area contributed by atoms with E-state index in [1.54, 1.807) is 6.07 Å². The number of nitro benzene ring substituents is 1. The molecule has 0 spiro atoms. The highest BCUT2D eigenvalue weighted by Crippen LogP contribution is 2.34. The van der Waals surface area contributed by atoms with Crippen LogP contribution in [0.5, 0.6) is 0 Å². The molecule has 1 aromatic rings. The van der Waals surface area contributed by atoms with E-state index in [0.717, 1.165) is 5.56 Å². The van der Waals surface area contributed by atoms with Crippen LogP contribution in [0.3, 0.4) is 0 Å². The van der Waals surface area contributed by atoms with E-state index in [0.29, 0.717) is 6.61 Å². The van der Waals surface area contributed by atoms with Gasteiger partial charge >= 0.3 is 0 Å². The van der Waals surface area contributed by atoms with Crippen molar-refractivity contribution in [1.29, 1.82) is 0 Å². The van der Waals surface area contributed by atoms with Gasteiger partial charge in [-0.2, -0.15) is 0 Å². The van der Waals surface area contributed by atoms with Crippen LogP contribution in [0.15, 0.2) is 18.2 Å². The van der Waals surface area contributed by atoms with Gasteiger partial charge in [-0.05, 0) is 11.6 Å². The van der Waals surface area contributed by atoms with Gasteiger partial charge in [0.2, 0.25) is 5.91 Å². The molecule has 1 aromatic carbocycles. The van der Waals surface area contributed by atoms with E-state index < -0.39 is 4.92 Å². The third kappa shape index (κ3) is 2.17. The van der Waals surface area contributed by atoms with E-state index in [-0.39, 0.29) is 23.4 Å². The molecule has 84 valence electrons. The Kier molecular flexibility index (Phi) is 2.57. The highest BCUT2D eigenvalue weighted by atomic mass is 16.6. The zero-order valence-electron chi connectivity index (χ0n) is 8.60. The fraction of sp³-hybridized carbons (Fsp3) is 0.300. The van der Waals surface area contributed by atoms with Crippen molar-refractivity contribution in [3.8, 4) is 0 Å². The summed E-state index contributed by atoms with van der Waals surface area (Å²) in [5.41, 5.74) is 0.867. The van der Waals surface area contributed by atoms with Gasteiger partial charge in [0.05, 0.1) is 11.5 Å². The number of ether oxygens (including phenoxy) is 1. The number of benzene rings is 1. The molecule has 1 aliphatic rings. The van der Waals surface area contributed by atoms with E-state index in [4.69, 9.17) is 4.74 Å². The molecule has 2 rings (SSSR count). The van der Waals surface area contributed by atoms with Crippen molar-refractivity contribution in [3.63, 3.8) is 0 Å². The first kappa shape index (κ1) is 10.6. The van der Waals surface area contributed by atoms with Crippen molar-refractivity contribution in [2.45, 2.75) is 13.0 Å². The Morgan fingerprint density at radius 3 is 2.81 bits per heavy atom. The summed E-state index contributed by atoms with van der Waals surface area (Å²) in [6.45, 7) is 1.90. The van der Waals surface area contributed by atoms with Crippen molar-refractivity contribution in [3.05, 3.63) is 33.9 Å². The lowest BCUT2D eigenvalue weighted by Crippen LogP contribution is -2.08. The number of nitro groups is 1. The molecule has 1 N–H and O–H groups in total. The standard InChI is InChI=1S/C10H10N2O4/c1-6(13)11-8-3-2-7(10-5-16-10)4-9(8)12(14)15/h2-4,10H,5H2,1H3,(H,11,13). The Balaban J connectivity index is 2.36. The van der Waals surface area contributed by atoms with E-state index >= 15 is 0 Å². The number of carbonyl (C=O) groups is 1. The van der Waals surface area contributed by atoms with E-state index in [2.05, 4.69) is 5.32 Å². The maximum Gasteiger partial charge on any atom is 0.293 e. The van der Waals surface area contributed by atoms with Gasteiger partial charge in [0.25, 0.3) is 5.69 Å². The fourth-order valence-electron chi connectivity index (χ4n) is 1.44. The summed E-state index contributed by atoms with van der Waals surface area (Å²) in [6, 6.07) is 4.68. The normalized spacial score (nSPS) is 17.9. The van der Waals surface area contributed by atoms with Crippen LogP contribution in [-0.4, -0.2) is 17.4 Å². The molecule has 0 radical (unpaired) electrons. The highest BCUT2D eigenvalue weighted by molar-refractivity contribution is 5.91. The molecule has 1 amide bonds. The minimum Gasteiger partial charge on any atom is -0.368 e. The molecule has 16 heavy (non-hydrogen) atoms. The number of anilines is 1. The number of nitrogens with zero attached hydrogens (tertiary/aromatic N) is 1. The van der Waals surface area contributed by atoms with Crippen LogP contribution in [0.1, 0.15) is 18.6 Å². The highest BCUT2D eigenvalue weighted by Gasteiger charge is 2.27. The lowest BCUT2D eigenvalue weighted by molar-refractivity contribution is -0.384. The molecule has 6 nitrogen and oxygen atoms in total. The van der Waals surface area contributed by atoms with E-state index in [9.17, 15) is 14.9 Å². The first-order chi connectivity index (χ1) is 7.58. The Hall–Kier alpha value is -1.95. The van der Waals surface area contributed by atoms with Crippen molar-refractivity contribution in [2.75, 3.05) is 11.9 Å². The summed E-state index contributed by atoms with van der Waals surface area (Å²) < 4.78 is 5.04. The zero-order chi connectivity index (χ0) is 11.7. The minimum absolute atomic E-state index is 0.0370. The Morgan fingerprint density at radius 1 is 1.62 bits per heavy atom. The summed E-state index contributed by atoms with van der Waals surface area (Å²) in [5, 5.41) is 13.2. The molecule has 1 fully saturated rings. The van der Waals surface area contributed by atoms with Gasteiger partial charge in [0, 0.05) is 13.0 Å². The number of nitrogens with one attached hydrogen (secondary N) is 1. The molecule has 0 aromatic heterocycles. The zero-order valence-corrected chi connectivity index (χ0v) is 8.60. The molecule has 0 bridgehead atoms. The lowest BCUT2D eigenvalue weighted by atomic mass is 10.1. The second kappa shape index (κ2) is 3.90. The Labute approximate surface area is 91.4 Å². The average Bonchev–Trinajstić information content (AvgIpc) is 3.00. The molecule has 0 aliphatic carbocycles. The number of amides is 1. The fourth-order valence-corrected chi connectivity index (χ4v) is 1.44. The van der Waals surface area contributed by atoms with Crippen LogP contribution in [0.2, 0.25) is 0 Å². The van der Waals surface area contributed by atoms with Crippen LogP contribution in [0.25, 0.3) is 0 Å². The molecule has 0 saturated carbocycles. The van der Waals surface area contributed by atoms with Crippen LogP contribution in [0, 0.1) is 10.1 Å². The van der Waals surface area contributed by atoms with Gasteiger partial charge in [-0.1, -0.05) is 6.07 Å². The summed E-state index contributed by atoms with van der Waals surface area (Å²) in [5.74, 6) is -0.335. The molecule has 1 saturated heterocycles. The number of carbonyl (C=O) groups excluding carboxylic acids is 1. The first-order valence-corrected chi connectivity index (χ1v) is 4.75. The number of hydrogen-bond acceptors (Lipinski definition) is 4. The summed E-state index contributed by atoms with van der Waals surface area (Å²) in [6.07, 6.45) is -0.0370. The van der Waals surface area contributed by atoms with E-state index in [1.807, 2.05) is 0 Å². The SMILES string of the molecule is CC(=O)Nc1ccc(C2CO2)cc1[N+](=O)[O-]. The van der Waals surface area contributed by atoms with Crippen molar-refractivity contribution >= 4 is 17.3 Å². The molecule has 1 heterocycles. The predicted octanol–water partition coefficient (Wildman–Crippen LogP) is 1.62. The first-order valence-electron chi connectivity index (χ1n) is 4.75. The Morgan fingerprint density at radius 2 is 2.31 bits per heavy atom. The average molecular weight is 222 g/mol. The second-order valence-corrected chi connectivity index (χ2v) is 3.54. The van der Waals surface area contributed by atoms with Gasteiger partial charge in [-0.15, -0.1) is 0 Å². The smallest absolute Gasteiger partial charge is 0.293 e. The predicted molar refractivity (Wildman–Crippen MR) is 56.1 cm³/mol. The third-order valence-electron chi connectivity index (χ3n) is 2.23. The number of epoxide rings is 1. The number of hydrogen-bond donors (Lipinski definition) is 1. The number of rotatable bonds is 3. The maximum absolute atomic E-state index is 10.9. The van der Waals surface area contributed by atoms with Gasteiger partial charge in [-0.25, -0.2) is 0 Å². The van der Waals surface area contributed by atoms with Crippen molar-refractivity contribution < 1.29 is 14.5 Å².